The number of oxime groups is 1. The van der Waals surface area contributed by atoms with Crippen molar-refractivity contribution < 1.29 is 15.4 Å². The molecule has 4 heteroatoms. The predicted molar refractivity (Wildman–Crippen MR) is 43.8 cm³/mol. The van der Waals surface area contributed by atoms with Gasteiger partial charge < -0.3 is 15.4 Å². The maximum atomic E-state index is 9.21. The Bertz CT molecular complexity index is 276. The molecule has 3 N–H and O–H groups in total. The standard InChI is InChI=1S/C8H9NO3/c10-7-2-1-3-8(11)6(7)4-5-9-12/h1-3,5,10-12H,4H2. The quantitative estimate of drug-likeness (QED) is 0.351. The van der Waals surface area contributed by atoms with E-state index in [2.05, 4.69) is 5.16 Å². The molecule has 1 rings (SSSR count). The lowest BCUT2D eigenvalue weighted by Crippen LogP contribution is -1.87. The van der Waals surface area contributed by atoms with Crippen LogP contribution in [0.1, 0.15) is 5.56 Å². The van der Waals surface area contributed by atoms with E-state index in [1.807, 2.05) is 0 Å². The van der Waals surface area contributed by atoms with Crippen molar-refractivity contribution in [1.82, 2.24) is 0 Å². The lowest BCUT2D eigenvalue weighted by atomic mass is 10.1. The molecule has 0 aromatic heterocycles. The Labute approximate surface area is 69.4 Å². The highest BCUT2D eigenvalue weighted by molar-refractivity contribution is 5.64. The minimum atomic E-state index is -0.00472. The van der Waals surface area contributed by atoms with Crippen LogP contribution in [0.25, 0.3) is 0 Å². The fourth-order valence-corrected chi connectivity index (χ4v) is 0.904. The zero-order valence-electron chi connectivity index (χ0n) is 6.31. The van der Waals surface area contributed by atoms with E-state index in [9.17, 15) is 10.2 Å². The molecule has 0 unspecified atom stereocenters. The van der Waals surface area contributed by atoms with Gasteiger partial charge in [0, 0.05) is 18.2 Å². The number of aromatic hydroxyl groups is 2. The van der Waals surface area contributed by atoms with Crippen molar-refractivity contribution in [1.29, 1.82) is 0 Å². The van der Waals surface area contributed by atoms with Gasteiger partial charge in [0.1, 0.15) is 11.5 Å². The summed E-state index contributed by atoms with van der Waals surface area (Å²) in [5, 5.41) is 29.3. The summed E-state index contributed by atoms with van der Waals surface area (Å²) in [6, 6.07) is 4.45. The summed E-state index contributed by atoms with van der Waals surface area (Å²) in [4.78, 5) is 0. The van der Waals surface area contributed by atoms with Crippen molar-refractivity contribution in [3.05, 3.63) is 23.8 Å². The van der Waals surface area contributed by atoms with Crippen LogP contribution in [0.3, 0.4) is 0 Å². The average Bonchev–Trinajstić information content (AvgIpc) is 2.04. The first-order chi connectivity index (χ1) is 5.75. The van der Waals surface area contributed by atoms with E-state index in [0.717, 1.165) is 0 Å². The minimum Gasteiger partial charge on any atom is -0.508 e. The molecule has 4 nitrogen and oxygen atoms in total. The van der Waals surface area contributed by atoms with Crippen LogP contribution in [0.2, 0.25) is 0 Å². The minimum absolute atomic E-state index is 0.00472. The van der Waals surface area contributed by atoms with Crippen LogP contribution in [0.15, 0.2) is 23.4 Å². The largest absolute Gasteiger partial charge is 0.508 e. The Morgan fingerprint density at radius 1 is 1.25 bits per heavy atom. The van der Waals surface area contributed by atoms with Gasteiger partial charge in [0.05, 0.1) is 0 Å². The molecular weight excluding hydrogens is 158 g/mol. The van der Waals surface area contributed by atoms with Gasteiger partial charge in [0.2, 0.25) is 0 Å². The number of hydrogen-bond acceptors (Lipinski definition) is 4. The Balaban J connectivity index is 2.96. The average molecular weight is 167 g/mol. The van der Waals surface area contributed by atoms with Crippen molar-refractivity contribution in [2.24, 2.45) is 5.16 Å². The van der Waals surface area contributed by atoms with Gasteiger partial charge in [-0.1, -0.05) is 6.07 Å². The van der Waals surface area contributed by atoms with Crippen LogP contribution in [-0.4, -0.2) is 21.6 Å². The number of hydrogen-bond donors (Lipinski definition) is 3. The highest BCUT2D eigenvalue weighted by atomic mass is 16.4. The van der Waals surface area contributed by atoms with E-state index in [1.165, 1.54) is 24.4 Å². The Morgan fingerprint density at radius 3 is 2.33 bits per heavy atom. The molecule has 12 heavy (non-hydrogen) atoms. The molecule has 0 heterocycles. The fraction of sp³-hybridized carbons (Fsp3) is 0.125. The molecular formula is C8H9NO3. The Kier molecular flexibility index (Phi) is 2.53. The molecule has 0 atom stereocenters. The molecule has 0 aliphatic carbocycles. The van der Waals surface area contributed by atoms with Gasteiger partial charge >= 0.3 is 0 Å². The predicted octanol–water partition coefficient (Wildman–Crippen LogP) is 1.10. The number of benzene rings is 1. The normalized spacial score (nSPS) is 10.7. The molecule has 0 saturated carbocycles. The van der Waals surface area contributed by atoms with Crippen molar-refractivity contribution in [3.8, 4) is 11.5 Å². The summed E-state index contributed by atoms with van der Waals surface area (Å²) in [5.74, 6) is -0.00944. The first-order valence-corrected chi connectivity index (χ1v) is 3.41. The van der Waals surface area contributed by atoms with Gasteiger partial charge in [0.15, 0.2) is 0 Å². The topological polar surface area (TPSA) is 73.1 Å². The summed E-state index contributed by atoms with van der Waals surface area (Å²) >= 11 is 0. The summed E-state index contributed by atoms with van der Waals surface area (Å²) < 4.78 is 0. The van der Waals surface area contributed by atoms with Gasteiger partial charge in [-0.05, 0) is 12.1 Å². The zero-order chi connectivity index (χ0) is 8.97. The summed E-state index contributed by atoms with van der Waals surface area (Å²) in [5.41, 5.74) is 0.357. The second-order valence-corrected chi connectivity index (χ2v) is 2.28. The van der Waals surface area contributed by atoms with E-state index < -0.39 is 0 Å². The van der Waals surface area contributed by atoms with Crippen LogP contribution in [-0.2, 0) is 6.42 Å². The monoisotopic (exact) mass is 167 g/mol. The first kappa shape index (κ1) is 8.39. The van der Waals surface area contributed by atoms with Crippen molar-refractivity contribution in [2.45, 2.75) is 6.42 Å². The molecule has 0 radical (unpaired) electrons. The summed E-state index contributed by atoms with van der Waals surface area (Å²) in [6.07, 6.45) is 1.39. The molecule has 64 valence electrons. The third-order valence-corrected chi connectivity index (χ3v) is 1.50. The molecule has 0 spiro atoms. The van der Waals surface area contributed by atoms with Crippen LogP contribution in [0, 0.1) is 0 Å². The molecule has 0 aliphatic rings. The number of nitrogens with zero attached hydrogens (tertiary/aromatic N) is 1. The molecule has 0 bridgehead atoms. The maximum Gasteiger partial charge on any atom is 0.122 e. The lowest BCUT2D eigenvalue weighted by Gasteiger charge is -2.02. The SMILES string of the molecule is ON=CCc1c(O)cccc1O. The van der Waals surface area contributed by atoms with E-state index in [0.29, 0.717) is 5.56 Å². The first-order valence-electron chi connectivity index (χ1n) is 3.41. The Hall–Kier alpha value is -1.71. The highest BCUT2D eigenvalue weighted by Crippen LogP contribution is 2.25. The molecule has 1 aromatic carbocycles. The highest BCUT2D eigenvalue weighted by Gasteiger charge is 2.03. The smallest absolute Gasteiger partial charge is 0.122 e. The van der Waals surface area contributed by atoms with Crippen LogP contribution in [0.5, 0.6) is 11.5 Å². The third kappa shape index (κ3) is 1.66. The van der Waals surface area contributed by atoms with Crippen molar-refractivity contribution in [2.75, 3.05) is 0 Å². The zero-order valence-corrected chi connectivity index (χ0v) is 6.31. The van der Waals surface area contributed by atoms with Gasteiger partial charge in [-0.2, -0.15) is 0 Å². The van der Waals surface area contributed by atoms with E-state index in [-0.39, 0.29) is 17.9 Å². The van der Waals surface area contributed by atoms with Gasteiger partial charge in [0.25, 0.3) is 0 Å². The van der Waals surface area contributed by atoms with Gasteiger partial charge in [-0.3, -0.25) is 0 Å². The molecule has 0 amide bonds. The molecule has 0 fully saturated rings. The number of phenols is 2. The third-order valence-electron chi connectivity index (χ3n) is 1.50. The number of phenolic OH excluding ortho intramolecular Hbond substituents is 2. The van der Waals surface area contributed by atoms with Crippen LogP contribution < -0.4 is 0 Å². The molecule has 0 aliphatic heterocycles. The summed E-state index contributed by atoms with van der Waals surface area (Å²) in [7, 11) is 0. The van der Waals surface area contributed by atoms with E-state index >= 15 is 0 Å². The Morgan fingerprint density at radius 2 is 1.83 bits per heavy atom. The van der Waals surface area contributed by atoms with Gasteiger partial charge in [-0.15, -0.1) is 5.16 Å². The summed E-state index contributed by atoms with van der Waals surface area (Å²) in [6.45, 7) is 0. The van der Waals surface area contributed by atoms with Crippen molar-refractivity contribution in [3.63, 3.8) is 0 Å². The van der Waals surface area contributed by atoms with Crippen molar-refractivity contribution >= 4 is 6.21 Å². The van der Waals surface area contributed by atoms with Crippen LogP contribution in [0.4, 0.5) is 0 Å². The maximum absolute atomic E-state index is 9.21. The second kappa shape index (κ2) is 3.61. The fourth-order valence-electron chi connectivity index (χ4n) is 0.904. The lowest BCUT2D eigenvalue weighted by molar-refractivity contribution is 0.320. The van der Waals surface area contributed by atoms with Crippen LogP contribution >= 0.6 is 0 Å². The van der Waals surface area contributed by atoms with E-state index in [4.69, 9.17) is 5.21 Å². The van der Waals surface area contributed by atoms with E-state index in [1.54, 1.807) is 0 Å². The number of rotatable bonds is 2. The van der Waals surface area contributed by atoms with Gasteiger partial charge in [-0.25, -0.2) is 0 Å². The molecule has 1 aromatic rings. The second-order valence-electron chi connectivity index (χ2n) is 2.28. The molecule has 0 saturated heterocycles.